The van der Waals surface area contributed by atoms with Gasteiger partial charge in [0.15, 0.2) is 11.5 Å². The van der Waals surface area contributed by atoms with Gasteiger partial charge in [-0.1, -0.05) is 15.9 Å². The van der Waals surface area contributed by atoms with Crippen LogP contribution in [0.2, 0.25) is 0 Å². The first-order chi connectivity index (χ1) is 8.29. The number of halogens is 1. The van der Waals surface area contributed by atoms with Crippen molar-refractivity contribution in [3.8, 4) is 11.5 Å². The van der Waals surface area contributed by atoms with Crippen LogP contribution < -0.4 is 14.8 Å². The SMILES string of the molecule is COc1cc(C)c(NC(=O)C(C)(C)Br)cc1OC. The molecule has 0 aliphatic carbocycles. The molecule has 0 spiro atoms. The molecule has 100 valence electrons. The Balaban J connectivity index is 3.07. The van der Waals surface area contributed by atoms with E-state index in [0.29, 0.717) is 17.2 Å². The molecule has 0 fully saturated rings. The summed E-state index contributed by atoms with van der Waals surface area (Å²) in [4.78, 5) is 11.9. The van der Waals surface area contributed by atoms with Crippen LogP contribution in [0.1, 0.15) is 19.4 Å². The number of amides is 1. The number of rotatable bonds is 4. The van der Waals surface area contributed by atoms with E-state index in [2.05, 4.69) is 21.2 Å². The topological polar surface area (TPSA) is 47.6 Å². The van der Waals surface area contributed by atoms with Crippen molar-refractivity contribution in [1.29, 1.82) is 0 Å². The maximum atomic E-state index is 11.9. The number of aryl methyl sites for hydroxylation is 1. The van der Waals surface area contributed by atoms with Crippen LogP contribution in [0, 0.1) is 6.92 Å². The highest BCUT2D eigenvalue weighted by Crippen LogP contribution is 2.33. The van der Waals surface area contributed by atoms with E-state index in [1.165, 1.54) is 0 Å². The van der Waals surface area contributed by atoms with Crippen molar-refractivity contribution in [3.63, 3.8) is 0 Å². The van der Waals surface area contributed by atoms with E-state index in [1.807, 2.05) is 13.0 Å². The second-order valence-electron chi connectivity index (χ2n) is 4.45. The summed E-state index contributed by atoms with van der Waals surface area (Å²) in [5.74, 6) is 1.12. The molecule has 4 nitrogen and oxygen atoms in total. The molecular weight excluding hydrogens is 298 g/mol. The molecule has 0 atom stereocenters. The molecule has 0 aliphatic rings. The first kappa shape index (κ1) is 14.8. The lowest BCUT2D eigenvalue weighted by atomic mass is 10.1. The van der Waals surface area contributed by atoms with Crippen LogP contribution >= 0.6 is 15.9 Å². The number of alkyl halides is 1. The standard InChI is InChI=1S/C13H18BrNO3/c1-8-6-10(17-4)11(18-5)7-9(8)15-12(16)13(2,3)14/h6-7H,1-5H3,(H,15,16). The molecule has 0 saturated heterocycles. The number of carbonyl (C=O) groups excluding carboxylic acids is 1. The molecule has 0 aromatic heterocycles. The van der Waals surface area contributed by atoms with E-state index in [0.717, 1.165) is 5.56 Å². The van der Waals surface area contributed by atoms with Crippen LogP contribution in [0.4, 0.5) is 5.69 Å². The molecule has 0 aliphatic heterocycles. The van der Waals surface area contributed by atoms with Gasteiger partial charge >= 0.3 is 0 Å². The molecule has 1 aromatic rings. The predicted molar refractivity (Wildman–Crippen MR) is 75.9 cm³/mol. The highest BCUT2D eigenvalue weighted by atomic mass is 79.9. The van der Waals surface area contributed by atoms with Crippen LogP contribution in [-0.4, -0.2) is 24.5 Å². The minimum Gasteiger partial charge on any atom is -0.493 e. The van der Waals surface area contributed by atoms with Gasteiger partial charge in [0.25, 0.3) is 0 Å². The van der Waals surface area contributed by atoms with Crippen molar-refractivity contribution in [1.82, 2.24) is 0 Å². The second kappa shape index (κ2) is 5.61. The van der Waals surface area contributed by atoms with Crippen LogP contribution in [0.25, 0.3) is 0 Å². The summed E-state index contributed by atoms with van der Waals surface area (Å²) < 4.78 is 9.79. The fraction of sp³-hybridized carbons (Fsp3) is 0.462. The summed E-state index contributed by atoms with van der Waals surface area (Å²) >= 11 is 3.32. The van der Waals surface area contributed by atoms with Gasteiger partial charge in [-0.2, -0.15) is 0 Å². The number of hydrogen-bond acceptors (Lipinski definition) is 3. The molecule has 0 unspecified atom stereocenters. The van der Waals surface area contributed by atoms with Crippen molar-refractivity contribution < 1.29 is 14.3 Å². The van der Waals surface area contributed by atoms with E-state index in [1.54, 1.807) is 34.1 Å². The number of methoxy groups -OCH3 is 2. The van der Waals surface area contributed by atoms with Crippen molar-refractivity contribution in [2.75, 3.05) is 19.5 Å². The van der Waals surface area contributed by atoms with Gasteiger partial charge in [-0.25, -0.2) is 0 Å². The van der Waals surface area contributed by atoms with Gasteiger partial charge in [0.2, 0.25) is 5.91 Å². The third-order valence-corrected chi connectivity index (χ3v) is 2.88. The van der Waals surface area contributed by atoms with Crippen molar-refractivity contribution >= 4 is 27.5 Å². The Hall–Kier alpha value is -1.23. The number of ether oxygens (including phenoxy) is 2. The van der Waals surface area contributed by atoms with E-state index in [9.17, 15) is 4.79 Å². The Kier molecular flexibility index (Phi) is 4.62. The Labute approximate surface area is 116 Å². The van der Waals surface area contributed by atoms with E-state index in [-0.39, 0.29) is 5.91 Å². The largest absolute Gasteiger partial charge is 0.493 e. The van der Waals surface area contributed by atoms with Gasteiger partial charge in [-0.05, 0) is 32.4 Å². The normalized spacial score (nSPS) is 11.0. The first-order valence-electron chi connectivity index (χ1n) is 5.52. The number of anilines is 1. The van der Waals surface area contributed by atoms with Crippen LogP contribution in [0.3, 0.4) is 0 Å². The fourth-order valence-electron chi connectivity index (χ4n) is 1.39. The van der Waals surface area contributed by atoms with Gasteiger partial charge in [0.05, 0.1) is 18.5 Å². The molecule has 1 aromatic carbocycles. The minimum atomic E-state index is -0.618. The average molecular weight is 316 g/mol. The fourth-order valence-corrected chi connectivity index (χ4v) is 1.49. The Morgan fingerprint density at radius 3 is 2.17 bits per heavy atom. The van der Waals surface area contributed by atoms with Gasteiger partial charge in [-0.3, -0.25) is 4.79 Å². The lowest BCUT2D eigenvalue weighted by Crippen LogP contribution is -2.31. The molecule has 0 bridgehead atoms. The summed E-state index contributed by atoms with van der Waals surface area (Å²) in [6, 6.07) is 3.58. The highest BCUT2D eigenvalue weighted by Gasteiger charge is 2.24. The average Bonchev–Trinajstić information content (AvgIpc) is 2.29. The summed E-state index contributed by atoms with van der Waals surface area (Å²) in [6.45, 7) is 5.48. The van der Waals surface area contributed by atoms with Crippen molar-refractivity contribution in [3.05, 3.63) is 17.7 Å². The molecular formula is C13H18BrNO3. The van der Waals surface area contributed by atoms with Crippen molar-refractivity contribution in [2.45, 2.75) is 25.1 Å². The third kappa shape index (κ3) is 3.38. The molecule has 18 heavy (non-hydrogen) atoms. The highest BCUT2D eigenvalue weighted by molar-refractivity contribution is 9.10. The van der Waals surface area contributed by atoms with Gasteiger partial charge in [0.1, 0.15) is 0 Å². The molecule has 5 heteroatoms. The zero-order chi connectivity index (χ0) is 13.9. The number of carbonyl (C=O) groups is 1. The number of hydrogen-bond donors (Lipinski definition) is 1. The van der Waals surface area contributed by atoms with Crippen LogP contribution in [0.5, 0.6) is 11.5 Å². The van der Waals surface area contributed by atoms with Crippen LogP contribution in [-0.2, 0) is 4.79 Å². The number of benzene rings is 1. The Bertz CT molecular complexity index is 452. The van der Waals surface area contributed by atoms with Crippen molar-refractivity contribution in [2.24, 2.45) is 0 Å². The third-order valence-electron chi connectivity index (χ3n) is 2.52. The Morgan fingerprint density at radius 2 is 1.72 bits per heavy atom. The van der Waals surface area contributed by atoms with E-state index >= 15 is 0 Å². The molecule has 0 radical (unpaired) electrons. The van der Waals surface area contributed by atoms with Gasteiger partial charge in [0, 0.05) is 11.8 Å². The summed E-state index contributed by atoms with van der Waals surface area (Å²) in [5, 5.41) is 2.85. The first-order valence-corrected chi connectivity index (χ1v) is 6.32. The summed E-state index contributed by atoms with van der Waals surface area (Å²) in [7, 11) is 3.14. The zero-order valence-corrected chi connectivity index (χ0v) is 12.8. The van der Waals surface area contributed by atoms with Gasteiger partial charge < -0.3 is 14.8 Å². The zero-order valence-electron chi connectivity index (χ0n) is 11.3. The molecule has 1 amide bonds. The summed E-state index contributed by atoms with van der Waals surface area (Å²) in [5.41, 5.74) is 1.63. The molecule has 0 saturated carbocycles. The van der Waals surface area contributed by atoms with E-state index < -0.39 is 4.32 Å². The predicted octanol–water partition coefficient (Wildman–Crippen LogP) is 3.12. The molecule has 1 rings (SSSR count). The minimum absolute atomic E-state index is 0.113. The summed E-state index contributed by atoms with van der Waals surface area (Å²) in [6.07, 6.45) is 0. The Morgan fingerprint density at radius 1 is 1.22 bits per heavy atom. The lowest BCUT2D eigenvalue weighted by Gasteiger charge is -2.18. The van der Waals surface area contributed by atoms with Gasteiger partial charge in [-0.15, -0.1) is 0 Å². The van der Waals surface area contributed by atoms with E-state index in [4.69, 9.17) is 9.47 Å². The number of nitrogens with one attached hydrogen (secondary N) is 1. The quantitative estimate of drug-likeness (QED) is 0.868. The lowest BCUT2D eigenvalue weighted by molar-refractivity contribution is -0.117. The molecule has 0 heterocycles. The van der Waals surface area contributed by atoms with Crippen LogP contribution in [0.15, 0.2) is 12.1 Å². The maximum Gasteiger partial charge on any atom is 0.240 e. The second-order valence-corrected chi connectivity index (χ2v) is 6.43. The maximum absolute atomic E-state index is 11.9. The monoisotopic (exact) mass is 315 g/mol. The smallest absolute Gasteiger partial charge is 0.240 e. The molecule has 1 N–H and O–H groups in total.